The highest BCUT2D eigenvalue weighted by molar-refractivity contribution is 7.89. The van der Waals surface area contributed by atoms with Crippen molar-refractivity contribution in [1.29, 1.82) is 0 Å². The van der Waals surface area contributed by atoms with Crippen LogP contribution in [-0.2, 0) is 23.1 Å². The maximum atomic E-state index is 13.5. The van der Waals surface area contributed by atoms with Gasteiger partial charge in [0, 0.05) is 31.7 Å². The SMILES string of the molecule is CC(C)N(C)S(=O)(=O)c1ccc(CNCc2ccccc2F)cc1. The minimum atomic E-state index is -3.46. The maximum absolute atomic E-state index is 13.5. The van der Waals surface area contributed by atoms with Gasteiger partial charge in [-0.1, -0.05) is 30.3 Å². The summed E-state index contributed by atoms with van der Waals surface area (Å²) in [6.45, 7) is 4.62. The summed E-state index contributed by atoms with van der Waals surface area (Å²) in [5.41, 5.74) is 1.55. The number of hydrogen-bond acceptors (Lipinski definition) is 3. The predicted molar refractivity (Wildman–Crippen MR) is 93.5 cm³/mol. The van der Waals surface area contributed by atoms with Crippen LogP contribution in [0.2, 0.25) is 0 Å². The van der Waals surface area contributed by atoms with E-state index in [1.807, 2.05) is 13.8 Å². The first kappa shape index (κ1) is 18.6. The van der Waals surface area contributed by atoms with Crippen LogP contribution in [0.4, 0.5) is 4.39 Å². The smallest absolute Gasteiger partial charge is 0.243 e. The molecule has 0 atom stereocenters. The Bertz CT molecular complexity index is 774. The molecule has 0 aliphatic carbocycles. The molecule has 0 bridgehead atoms. The monoisotopic (exact) mass is 350 g/mol. The number of halogens is 1. The van der Waals surface area contributed by atoms with Crippen LogP contribution in [0.15, 0.2) is 53.4 Å². The minimum Gasteiger partial charge on any atom is -0.309 e. The third-order valence-electron chi connectivity index (χ3n) is 3.93. The van der Waals surface area contributed by atoms with E-state index < -0.39 is 10.0 Å². The van der Waals surface area contributed by atoms with Crippen molar-refractivity contribution in [1.82, 2.24) is 9.62 Å². The second kappa shape index (κ2) is 7.88. The highest BCUT2D eigenvalue weighted by Crippen LogP contribution is 2.17. The summed E-state index contributed by atoms with van der Waals surface area (Å²) in [6.07, 6.45) is 0. The molecule has 1 N–H and O–H groups in total. The first-order valence-corrected chi connectivity index (χ1v) is 9.27. The van der Waals surface area contributed by atoms with Crippen LogP contribution in [-0.4, -0.2) is 25.8 Å². The molecule has 6 heteroatoms. The van der Waals surface area contributed by atoms with Crippen LogP contribution < -0.4 is 5.32 Å². The summed E-state index contributed by atoms with van der Waals surface area (Å²) in [7, 11) is -1.89. The number of sulfonamides is 1. The summed E-state index contributed by atoms with van der Waals surface area (Å²) < 4.78 is 39.7. The first-order chi connectivity index (χ1) is 11.3. The third kappa shape index (κ3) is 4.41. The fourth-order valence-corrected chi connectivity index (χ4v) is 3.57. The predicted octanol–water partition coefficient (Wildman–Crippen LogP) is 3.14. The standard InChI is InChI=1S/C18H23FN2O2S/c1-14(2)21(3)24(22,23)17-10-8-15(9-11-17)12-20-13-16-6-4-5-7-18(16)19/h4-11,14,20H,12-13H2,1-3H3. The molecule has 0 aliphatic rings. The van der Waals surface area contributed by atoms with Crippen LogP contribution in [0.3, 0.4) is 0 Å². The zero-order valence-electron chi connectivity index (χ0n) is 14.2. The fraction of sp³-hybridized carbons (Fsp3) is 0.333. The summed E-state index contributed by atoms with van der Waals surface area (Å²) in [5.74, 6) is -0.233. The van der Waals surface area contributed by atoms with Gasteiger partial charge in [0.1, 0.15) is 5.82 Å². The van der Waals surface area contributed by atoms with Crippen molar-refractivity contribution in [3.63, 3.8) is 0 Å². The molecule has 2 aromatic carbocycles. The number of nitrogens with zero attached hydrogens (tertiary/aromatic N) is 1. The van der Waals surface area contributed by atoms with Crippen molar-refractivity contribution < 1.29 is 12.8 Å². The number of rotatable bonds is 7. The van der Waals surface area contributed by atoms with E-state index in [9.17, 15) is 12.8 Å². The van der Waals surface area contributed by atoms with Gasteiger partial charge >= 0.3 is 0 Å². The van der Waals surface area contributed by atoms with Gasteiger partial charge in [-0.25, -0.2) is 12.8 Å². The Morgan fingerprint density at radius 3 is 2.25 bits per heavy atom. The minimum absolute atomic E-state index is 0.0999. The van der Waals surface area contributed by atoms with Crippen LogP contribution in [0, 0.1) is 5.82 Å². The van der Waals surface area contributed by atoms with Crippen molar-refractivity contribution in [2.75, 3.05) is 7.05 Å². The number of benzene rings is 2. The Balaban J connectivity index is 1.99. The van der Waals surface area contributed by atoms with Gasteiger partial charge in [-0.15, -0.1) is 0 Å². The molecule has 0 radical (unpaired) electrons. The third-order valence-corrected chi connectivity index (χ3v) is 5.98. The molecule has 0 heterocycles. The summed E-state index contributed by atoms with van der Waals surface area (Å²) >= 11 is 0. The molecule has 0 amide bonds. The van der Waals surface area contributed by atoms with Crippen LogP contribution in [0.1, 0.15) is 25.0 Å². The van der Waals surface area contributed by atoms with E-state index in [2.05, 4.69) is 5.32 Å². The molecule has 2 aromatic rings. The molecular formula is C18H23FN2O2S. The Morgan fingerprint density at radius 1 is 1.04 bits per heavy atom. The molecule has 0 fully saturated rings. The maximum Gasteiger partial charge on any atom is 0.243 e. The lowest BCUT2D eigenvalue weighted by molar-refractivity contribution is 0.410. The average Bonchev–Trinajstić information content (AvgIpc) is 2.56. The summed E-state index contributed by atoms with van der Waals surface area (Å²) in [4.78, 5) is 0.275. The normalized spacial score (nSPS) is 12.1. The van der Waals surface area contributed by atoms with Crippen LogP contribution in [0.25, 0.3) is 0 Å². The van der Waals surface area contributed by atoms with Gasteiger partial charge in [0.2, 0.25) is 10.0 Å². The highest BCUT2D eigenvalue weighted by Gasteiger charge is 2.22. The van der Waals surface area contributed by atoms with Gasteiger partial charge in [0.25, 0.3) is 0 Å². The van der Waals surface area contributed by atoms with Gasteiger partial charge < -0.3 is 5.32 Å². The molecule has 2 rings (SSSR count). The van der Waals surface area contributed by atoms with E-state index in [4.69, 9.17) is 0 Å². The zero-order chi connectivity index (χ0) is 17.7. The van der Waals surface area contributed by atoms with Crippen molar-refractivity contribution in [3.05, 3.63) is 65.5 Å². The topological polar surface area (TPSA) is 49.4 Å². The molecule has 4 nitrogen and oxygen atoms in total. The van der Waals surface area contributed by atoms with Crippen LogP contribution >= 0.6 is 0 Å². The fourth-order valence-electron chi connectivity index (χ4n) is 2.21. The van der Waals surface area contributed by atoms with Gasteiger partial charge in [0.15, 0.2) is 0 Å². The van der Waals surface area contributed by atoms with Gasteiger partial charge in [-0.05, 0) is 37.6 Å². The van der Waals surface area contributed by atoms with Crippen molar-refractivity contribution in [3.8, 4) is 0 Å². The van der Waals surface area contributed by atoms with Gasteiger partial charge in [-0.3, -0.25) is 0 Å². The van der Waals surface area contributed by atoms with E-state index in [1.54, 1.807) is 49.5 Å². The van der Waals surface area contributed by atoms with Crippen molar-refractivity contribution >= 4 is 10.0 Å². The van der Waals surface area contributed by atoms with Crippen molar-refractivity contribution in [2.45, 2.75) is 37.9 Å². The van der Waals surface area contributed by atoms with E-state index in [-0.39, 0.29) is 16.8 Å². The molecule has 0 spiro atoms. The van der Waals surface area contributed by atoms with Gasteiger partial charge in [0.05, 0.1) is 4.90 Å². The largest absolute Gasteiger partial charge is 0.309 e. The number of hydrogen-bond donors (Lipinski definition) is 1. The Labute approximate surface area is 143 Å². The zero-order valence-corrected chi connectivity index (χ0v) is 15.0. The lowest BCUT2D eigenvalue weighted by Crippen LogP contribution is -2.33. The summed E-state index contributed by atoms with van der Waals surface area (Å²) in [5, 5.41) is 3.16. The Hall–Kier alpha value is -1.76. The van der Waals surface area contributed by atoms with Crippen molar-refractivity contribution in [2.24, 2.45) is 0 Å². The Morgan fingerprint density at radius 2 is 1.67 bits per heavy atom. The summed E-state index contributed by atoms with van der Waals surface area (Å²) in [6, 6.07) is 13.3. The van der Waals surface area contributed by atoms with E-state index >= 15 is 0 Å². The number of nitrogens with one attached hydrogen (secondary N) is 1. The van der Waals surface area contributed by atoms with Crippen LogP contribution in [0.5, 0.6) is 0 Å². The van der Waals surface area contributed by atoms with Gasteiger partial charge in [-0.2, -0.15) is 4.31 Å². The quantitative estimate of drug-likeness (QED) is 0.835. The molecule has 0 saturated carbocycles. The molecule has 130 valence electrons. The first-order valence-electron chi connectivity index (χ1n) is 7.83. The second-order valence-electron chi connectivity index (χ2n) is 5.95. The lowest BCUT2D eigenvalue weighted by atomic mass is 10.2. The van der Waals surface area contributed by atoms with E-state index in [0.717, 1.165) is 5.56 Å². The highest BCUT2D eigenvalue weighted by atomic mass is 32.2. The second-order valence-corrected chi connectivity index (χ2v) is 7.95. The molecule has 24 heavy (non-hydrogen) atoms. The Kier molecular flexibility index (Phi) is 6.10. The van der Waals surface area contributed by atoms with E-state index in [1.165, 1.54) is 10.4 Å². The molecule has 0 aromatic heterocycles. The lowest BCUT2D eigenvalue weighted by Gasteiger charge is -2.21. The molecule has 0 saturated heterocycles. The average molecular weight is 350 g/mol. The molecular weight excluding hydrogens is 327 g/mol. The molecule has 0 unspecified atom stereocenters. The van der Waals surface area contributed by atoms with E-state index in [0.29, 0.717) is 18.7 Å². The molecule has 0 aliphatic heterocycles.